The molecule has 0 bridgehead atoms. The van der Waals surface area contributed by atoms with Gasteiger partial charge in [-0.25, -0.2) is 9.69 Å². The fraction of sp³-hybridized carbons (Fsp3) is 0.100. The van der Waals surface area contributed by atoms with Crippen LogP contribution in [0.4, 0.5) is 10.5 Å². The zero-order valence-corrected chi connectivity index (χ0v) is 15.9. The second-order valence-electron chi connectivity index (χ2n) is 5.98. The molecule has 0 aromatic heterocycles. The van der Waals surface area contributed by atoms with E-state index in [1.807, 2.05) is 6.07 Å². The maximum absolute atomic E-state index is 12.4. The Bertz CT molecular complexity index is 993. The van der Waals surface area contributed by atoms with E-state index < -0.39 is 30.3 Å². The SMILES string of the molecule is C=CCN1C(=O)C(=O)N(CC(=O)Nc2cc(Cl)ccc2Oc2ccccc2)C1=O. The van der Waals surface area contributed by atoms with Crippen LogP contribution in [0.1, 0.15) is 0 Å². The Balaban J connectivity index is 1.75. The highest BCUT2D eigenvalue weighted by molar-refractivity contribution is 6.45. The molecule has 0 unspecified atom stereocenters. The highest BCUT2D eigenvalue weighted by Crippen LogP contribution is 2.32. The summed E-state index contributed by atoms with van der Waals surface area (Å²) in [7, 11) is 0. The molecule has 0 atom stereocenters. The lowest BCUT2D eigenvalue weighted by Crippen LogP contribution is -2.39. The summed E-state index contributed by atoms with van der Waals surface area (Å²) in [5.74, 6) is -1.91. The number of halogens is 1. The molecule has 29 heavy (non-hydrogen) atoms. The van der Waals surface area contributed by atoms with E-state index in [9.17, 15) is 19.2 Å². The number of rotatable bonds is 7. The first kappa shape index (κ1) is 20.1. The van der Waals surface area contributed by atoms with Crippen molar-refractivity contribution >= 4 is 41.0 Å². The number of para-hydroxylation sites is 1. The molecule has 0 aliphatic carbocycles. The van der Waals surface area contributed by atoms with Crippen molar-refractivity contribution in [2.24, 2.45) is 0 Å². The molecule has 148 valence electrons. The maximum atomic E-state index is 12.4. The van der Waals surface area contributed by atoms with E-state index in [1.165, 1.54) is 12.1 Å². The molecule has 1 aliphatic rings. The molecule has 0 spiro atoms. The predicted octanol–water partition coefficient (Wildman–Crippen LogP) is 3.05. The number of nitrogens with one attached hydrogen (secondary N) is 1. The summed E-state index contributed by atoms with van der Waals surface area (Å²) in [4.78, 5) is 49.8. The first-order chi connectivity index (χ1) is 13.9. The Labute approximate surface area is 171 Å². The normalized spacial score (nSPS) is 13.6. The van der Waals surface area contributed by atoms with Gasteiger partial charge < -0.3 is 10.1 Å². The molecule has 1 heterocycles. The molecule has 3 rings (SSSR count). The van der Waals surface area contributed by atoms with Gasteiger partial charge in [-0.05, 0) is 30.3 Å². The lowest BCUT2D eigenvalue weighted by molar-refractivity contribution is -0.143. The van der Waals surface area contributed by atoms with Crippen LogP contribution in [0.3, 0.4) is 0 Å². The van der Waals surface area contributed by atoms with Crippen LogP contribution in [0.2, 0.25) is 5.02 Å². The Hall–Kier alpha value is -3.65. The molecule has 1 saturated heterocycles. The van der Waals surface area contributed by atoms with Crippen molar-refractivity contribution in [2.45, 2.75) is 0 Å². The number of ether oxygens (including phenoxy) is 1. The van der Waals surface area contributed by atoms with Crippen molar-refractivity contribution in [3.63, 3.8) is 0 Å². The van der Waals surface area contributed by atoms with Gasteiger partial charge in [-0.2, -0.15) is 0 Å². The minimum atomic E-state index is -1.07. The van der Waals surface area contributed by atoms with Crippen molar-refractivity contribution in [1.29, 1.82) is 0 Å². The smallest absolute Gasteiger partial charge is 0.335 e. The number of anilines is 1. The third-order valence-electron chi connectivity index (χ3n) is 3.94. The number of carbonyl (C=O) groups is 4. The summed E-state index contributed by atoms with van der Waals surface area (Å²) in [6.07, 6.45) is 1.31. The molecule has 2 aromatic rings. The standard InChI is InChI=1S/C20H16ClN3O5/c1-2-10-23-18(26)19(27)24(20(23)28)12-17(25)22-15-11-13(21)8-9-16(15)29-14-6-4-3-5-7-14/h2-9,11H,1,10,12H2,(H,22,25). The number of imide groups is 2. The molecule has 1 N–H and O–H groups in total. The Morgan fingerprint density at radius 2 is 1.76 bits per heavy atom. The number of benzene rings is 2. The van der Waals surface area contributed by atoms with Crippen molar-refractivity contribution in [1.82, 2.24) is 9.80 Å². The summed E-state index contributed by atoms with van der Waals surface area (Å²) >= 11 is 6.01. The van der Waals surface area contributed by atoms with Crippen LogP contribution in [-0.4, -0.2) is 46.6 Å². The molecule has 0 saturated carbocycles. The lowest BCUT2D eigenvalue weighted by atomic mass is 10.2. The van der Waals surface area contributed by atoms with Crippen molar-refractivity contribution in [3.8, 4) is 11.5 Å². The first-order valence-corrected chi connectivity index (χ1v) is 8.89. The number of amides is 5. The van der Waals surface area contributed by atoms with Gasteiger partial charge in [0.15, 0.2) is 5.75 Å². The second kappa shape index (κ2) is 8.57. The van der Waals surface area contributed by atoms with Crippen LogP contribution < -0.4 is 10.1 Å². The van der Waals surface area contributed by atoms with E-state index in [0.717, 1.165) is 0 Å². The number of carbonyl (C=O) groups excluding carboxylic acids is 4. The molecule has 2 aromatic carbocycles. The number of hydrogen-bond donors (Lipinski definition) is 1. The first-order valence-electron chi connectivity index (χ1n) is 8.51. The number of hydrogen-bond acceptors (Lipinski definition) is 5. The number of urea groups is 1. The summed E-state index contributed by atoms with van der Waals surface area (Å²) in [5.41, 5.74) is 0.250. The van der Waals surface area contributed by atoms with Gasteiger partial charge in [0.2, 0.25) is 5.91 Å². The lowest BCUT2D eigenvalue weighted by Gasteiger charge is -2.16. The molecule has 9 heteroatoms. The molecular weight excluding hydrogens is 398 g/mol. The van der Waals surface area contributed by atoms with Gasteiger partial charge >= 0.3 is 17.8 Å². The molecule has 0 radical (unpaired) electrons. The monoisotopic (exact) mass is 413 g/mol. The average Bonchev–Trinajstić information content (AvgIpc) is 2.89. The van der Waals surface area contributed by atoms with Crippen LogP contribution in [-0.2, 0) is 14.4 Å². The van der Waals surface area contributed by atoms with E-state index in [2.05, 4.69) is 11.9 Å². The van der Waals surface area contributed by atoms with Crippen LogP contribution >= 0.6 is 11.6 Å². The van der Waals surface area contributed by atoms with E-state index in [1.54, 1.807) is 36.4 Å². The maximum Gasteiger partial charge on any atom is 0.335 e. The van der Waals surface area contributed by atoms with Gasteiger partial charge in [0.05, 0.1) is 5.69 Å². The van der Waals surface area contributed by atoms with Gasteiger partial charge in [-0.1, -0.05) is 35.9 Å². The van der Waals surface area contributed by atoms with Crippen molar-refractivity contribution < 1.29 is 23.9 Å². The summed E-state index contributed by atoms with van der Waals surface area (Å²) in [5, 5.41) is 2.91. The second-order valence-corrected chi connectivity index (χ2v) is 6.42. The molecular formula is C20H16ClN3O5. The van der Waals surface area contributed by atoms with Crippen molar-refractivity contribution in [2.75, 3.05) is 18.4 Å². The van der Waals surface area contributed by atoms with Crippen LogP contribution in [0, 0.1) is 0 Å². The van der Waals surface area contributed by atoms with E-state index in [-0.39, 0.29) is 12.2 Å². The van der Waals surface area contributed by atoms with E-state index in [0.29, 0.717) is 26.3 Å². The Morgan fingerprint density at radius 1 is 1.07 bits per heavy atom. The van der Waals surface area contributed by atoms with Gasteiger partial charge in [0.1, 0.15) is 12.3 Å². The summed E-state index contributed by atoms with van der Waals surface area (Å²) < 4.78 is 5.75. The average molecular weight is 414 g/mol. The Morgan fingerprint density at radius 3 is 2.45 bits per heavy atom. The van der Waals surface area contributed by atoms with Gasteiger partial charge in [-0.3, -0.25) is 19.3 Å². The summed E-state index contributed by atoms with van der Waals surface area (Å²) in [6.45, 7) is 2.68. The van der Waals surface area contributed by atoms with Gasteiger partial charge in [-0.15, -0.1) is 6.58 Å². The zero-order valence-electron chi connectivity index (χ0n) is 15.1. The minimum absolute atomic E-state index is 0.120. The predicted molar refractivity (Wildman–Crippen MR) is 106 cm³/mol. The summed E-state index contributed by atoms with van der Waals surface area (Å²) in [6, 6.07) is 12.7. The largest absolute Gasteiger partial charge is 0.455 e. The van der Waals surface area contributed by atoms with E-state index >= 15 is 0 Å². The van der Waals surface area contributed by atoms with E-state index in [4.69, 9.17) is 16.3 Å². The fourth-order valence-corrected chi connectivity index (χ4v) is 2.79. The zero-order chi connectivity index (χ0) is 21.0. The topological polar surface area (TPSA) is 96.0 Å². The molecule has 5 amide bonds. The van der Waals surface area contributed by atoms with Crippen LogP contribution in [0.5, 0.6) is 11.5 Å². The molecule has 1 fully saturated rings. The third-order valence-corrected chi connectivity index (χ3v) is 4.17. The quantitative estimate of drug-likeness (QED) is 0.427. The fourth-order valence-electron chi connectivity index (χ4n) is 2.62. The minimum Gasteiger partial charge on any atom is -0.455 e. The van der Waals surface area contributed by atoms with Crippen LogP contribution in [0.15, 0.2) is 61.2 Å². The van der Waals surface area contributed by atoms with Crippen molar-refractivity contribution in [3.05, 3.63) is 66.2 Å². The molecule has 1 aliphatic heterocycles. The Kier molecular flexibility index (Phi) is 5.94. The third kappa shape index (κ3) is 4.44. The highest BCUT2D eigenvalue weighted by Gasteiger charge is 2.44. The number of nitrogens with zero attached hydrogens (tertiary/aromatic N) is 2. The van der Waals surface area contributed by atoms with Gasteiger partial charge in [0.25, 0.3) is 0 Å². The highest BCUT2D eigenvalue weighted by atomic mass is 35.5. The van der Waals surface area contributed by atoms with Crippen LogP contribution in [0.25, 0.3) is 0 Å². The molecule has 8 nitrogen and oxygen atoms in total. The van der Waals surface area contributed by atoms with Gasteiger partial charge in [0, 0.05) is 11.6 Å².